The summed E-state index contributed by atoms with van der Waals surface area (Å²) in [6.45, 7) is 2.55. The number of carbonyl (C=O) groups is 1. The van der Waals surface area contributed by atoms with E-state index in [9.17, 15) is 4.79 Å². The molecule has 1 saturated heterocycles. The number of nitrogens with zero attached hydrogens (tertiary/aromatic N) is 4. The molecule has 1 aliphatic rings. The number of fused-ring (bicyclic) bond motifs is 1. The molecule has 6 nitrogen and oxygen atoms in total. The lowest BCUT2D eigenvalue weighted by Gasteiger charge is -2.35. The minimum Gasteiger partial charge on any atom is -0.459 e. The molecule has 0 unspecified atom stereocenters. The first-order chi connectivity index (χ1) is 14.7. The third-order valence-corrected chi connectivity index (χ3v) is 5.50. The van der Waals surface area contributed by atoms with E-state index in [1.165, 1.54) is 6.26 Å². The molecule has 0 saturated carbocycles. The minimum atomic E-state index is -0.0797. The third kappa shape index (κ3) is 3.50. The summed E-state index contributed by atoms with van der Waals surface area (Å²) in [6.07, 6.45) is 1.52. The van der Waals surface area contributed by atoms with E-state index in [0.717, 1.165) is 22.3 Å². The Labute approximate surface area is 178 Å². The van der Waals surface area contributed by atoms with Crippen LogP contribution >= 0.6 is 11.6 Å². The smallest absolute Gasteiger partial charge is 0.289 e. The maximum Gasteiger partial charge on any atom is 0.289 e. The summed E-state index contributed by atoms with van der Waals surface area (Å²) in [5.74, 6) is 1.82. The Hall–Kier alpha value is -3.38. The van der Waals surface area contributed by atoms with Gasteiger partial charge < -0.3 is 14.2 Å². The maximum atomic E-state index is 12.6. The van der Waals surface area contributed by atoms with Crippen LogP contribution in [0.4, 0.5) is 5.82 Å². The lowest BCUT2D eigenvalue weighted by Crippen LogP contribution is -2.49. The Morgan fingerprint density at radius 2 is 1.73 bits per heavy atom. The number of halogens is 1. The number of rotatable bonds is 3. The van der Waals surface area contributed by atoms with E-state index >= 15 is 0 Å². The summed E-state index contributed by atoms with van der Waals surface area (Å²) in [6, 6.07) is 19.0. The lowest BCUT2D eigenvalue weighted by molar-refractivity contribution is 0.0714. The molecule has 7 heteroatoms. The van der Waals surface area contributed by atoms with Gasteiger partial charge in [-0.2, -0.15) is 0 Å². The number of benzene rings is 2. The fourth-order valence-corrected chi connectivity index (χ4v) is 3.89. The molecule has 150 valence electrons. The molecular formula is C23H19ClN4O2. The predicted octanol–water partition coefficient (Wildman–Crippen LogP) is 4.51. The van der Waals surface area contributed by atoms with Gasteiger partial charge in [0, 0.05) is 42.2 Å². The summed E-state index contributed by atoms with van der Waals surface area (Å²) >= 11 is 6.23. The van der Waals surface area contributed by atoms with Gasteiger partial charge >= 0.3 is 0 Å². The van der Waals surface area contributed by atoms with Gasteiger partial charge in [-0.1, -0.05) is 41.9 Å². The van der Waals surface area contributed by atoms with Crippen LogP contribution in [0.1, 0.15) is 10.6 Å². The molecule has 0 aliphatic carbocycles. The fraction of sp³-hybridized carbons (Fsp3) is 0.174. The topological polar surface area (TPSA) is 62.5 Å². The van der Waals surface area contributed by atoms with Crippen molar-refractivity contribution in [2.75, 3.05) is 31.1 Å². The van der Waals surface area contributed by atoms with Crippen LogP contribution in [0.5, 0.6) is 0 Å². The highest BCUT2D eigenvalue weighted by Gasteiger charge is 2.25. The third-order valence-electron chi connectivity index (χ3n) is 5.27. The van der Waals surface area contributed by atoms with E-state index in [4.69, 9.17) is 26.0 Å². The molecule has 5 rings (SSSR count). The van der Waals surface area contributed by atoms with Crippen molar-refractivity contribution in [3.63, 3.8) is 0 Å². The van der Waals surface area contributed by atoms with Gasteiger partial charge in [-0.3, -0.25) is 4.79 Å². The molecule has 2 aromatic carbocycles. The second-order valence-electron chi connectivity index (χ2n) is 7.15. The zero-order valence-electron chi connectivity index (χ0n) is 16.2. The van der Waals surface area contributed by atoms with Gasteiger partial charge in [0.1, 0.15) is 5.82 Å². The Kier molecular flexibility index (Phi) is 4.85. The van der Waals surface area contributed by atoms with Gasteiger partial charge in [-0.15, -0.1) is 0 Å². The molecule has 0 spiro atoms. The molecule has 1 fully saturated rings. The Bertz CT molecular complexity index is 1190. The number of anilines is 1. The zero-order chi connectivity index (χ0) is 20.5. The van der Waals surface area contributed by atoms with Crippen LogP contribution < -0.4 is 4.90 Å². The molecule has 3 heterocycles. The van der Waals surface area contributed by atoms with Gasteiger partial charge in [0.25, 0.3) is 5.91 Å². The van der Waals surface area contributed by atoms with Crippen LogP contribution in [-0.4, -0.2) is 47.0 Å². The summed E-state index contributed by atoms with van der Waals surface area (Å²) in [5, 5.41) is 1.59. The largest absolute Gasteiger partial charge is 0.459 e. The maximum absolute atomic E-state index is 12.6. The summed E-state index contributed by atoms with van der Waals surface area (Å²) in [5.41, 5.74) is 1.76. The molecule has 1 amide bonds. The zero-order valence-corrected chi connectivity index (χ0v) is 16.9. The number of aromatic nitrogens is 2. The van der Waals surface area contributed by atoms with Crippen molar-refractivity contribution in [1.29, 1.82) is 0 Å². The number of hydrogen-bond acceptors (Lipinski definition) is 5. The molecule has 0 radical (unpaired) electrons. The summed E-state index contributed by atoms with van der Waals surface area (Å²) in [7, 11) is 0. The number of hydrogen-bond donors (Lipinski definition) is 0. The molecule has 30 heavy (non-hydrogen) atoms. The highest BCUT2D eigenvalue weighted by molar-refractivity contribution is 6.31. The number of carbonyl (C=O) groups excluding carboxylic acids is 1. The second-order valence-corrected chi connectivity index (χ2v) is 7.59. The molecule has 0 N–H and O–H groups in total. The van der Waals surface area contributed by atoms with Crippen LogP contribution in [0, 0.1) is 0 Å². The van der Waals surface area contributed by atoms with Crippen LogP contribution in [0.2, 0.25) is 5.02 Å². The van der Waals surface area contributed by atoms with E-state index < -0.39 is 0 Å². The number of piperazine rings is 1. The molecule has 4 aromatic rings. The highest BCUT2D eigenvalue weighted by Crippen LogP contribution is 2.30. The normalized spacial score (nSPS) is 14.3. The standard InChI is InChI=1S/C23H19ClN4O2/c24-17-8-9-18-19(15-17)25-21(16-5-2-1-3-6-16)26-22(18)27-10-12-28(13-11-27)23(29)20-7-4-14-30-20/h1-9,14-15H,10-13H2. The molecule has 1 aliphatic heterocycles. The highest BCUT2D eigenvalue weighted by atomic mass is 35.5. The quantitative estimate of drug-likeness (QED) is 0.490. The molecular weight excluding hydrogens is 400 g/mol. The van der Waals surface area contributed by atoms with Crippen LogP contribution in [0.3, 0.4) is 0 Å². The fourth-order valence-electron chi connectivity index (χ4n) is 3.72. The van der Waals surface area contributed by atoms with Crippen LogP contribution in [-0.2, 0) is 0 Å². The van der Waals surface area contributed by atoms with Gasteiger partial charge in [0.15, 0.2) is 11.6 Å². The van der Waals surface area contributed by atoms with Crippen molar-refractivity contribution in [3.8, 4) is 11.4 Å². The van der Waals surface area contributed by atoms with Gasteiger partial charge in [0.05, 0.1) is 11.8 Å². The van der Waals surface area contributed by atoms with Crippen molar-refractivity contribution < 1.29 is 9.21 Å². The first kappa shape index (κ1) is 18.6. The SMILES string of the molecule is O=C(c1ccco1)N1CCN(c2nc(-c3ccccc3)nc3cc(Cl)ccc23)CC1. The van der Waals surface area contributed by atoms with Crippen molar-refractivity contribution in [1.82, 2.24) is 14.9 Å². The van der Waals surface area contributed by atoms with Crippen molar-refractivity contribution in [2.24, 2.45) is 0 Å². The second kappa shape index (κ2) is 7.80. The van der Waals surface area contributed by atoms with Gasteiger partial charge in [-0.05, 0) is 30.3 Å². The van der Waals surface area contributed by atoms with Crippen LogP contribution in [0.15, 0.2) is 71.3 Å². The van der Waals surface area contributed by atoms with Crippen LogP contribution in [0.25, 0.3) is 22.3 Å². The molecule has 0 bridgehead atoms. The lowest BCUT2D eigenvalue weighted by atomic mass is 10.1. The number of furan rings is 1. The molecule has 0 atom stereocenters. The Balaban J connectivity index is 1.47. The minimum absolute atomic E-state index is 0.0797. The number of amides is 1. The van der Waals surface area contributed by atoms with E-state index in [2.05, 4.69) is 4.90 Å². The first-order valence-corrected chi connectivity index (χ1v) is 10.2. The van der Waals surface area contributed by atoms with E-state index in [0.29, 0.717) is 42.8 Å². The Morgan fingerprint density at radius 1 is 0.933 bits per heavy atom. The van der Waals surface area contributed by atoms with Gasteiger partial charge in [0.2, 0.25) is 0 Å². The summed E-state index contributed by atoms with van der Waals surface area (Å²) < 4.78 is 5.26. The van der Waals surface area contributed by atoms with E-state index in [1.54, 1.807) is 12.1 Å². The van der Waals surface area contributed by atoms with Crippen molar-refractivity contribution in [3.05, 3.63) is 77.7 Å². The monoisotopic (exact) mass is 418 g/mol. The van der Waals surface area contributed by atoms with Crippen molar-refractivity contribution >= 4 is 34.2 Å². The van der Waals surface area contributed by atoms with E-state index in [1.807, 2.05) is 53.4 Å². The van der Waals surface area contributed by atoms with Gasteiger partial charge in [-0.25, -0.2) is 9.97 Å². The summed E-state index contributed by atoms with van der Waals surface area (Å²) in [4.78, 5) is 26.2. The first-order valence-electron chi connectivity index (χ1n) is 9.79. The van der Waals surface area contributed by atoms with E-state index in [-0.39, 0.29) is 5.91 Å². The molecule has 2 aromatic heterocycles. The Morgan fingerprint density at radius 3 is 2.47 bits per heavy atom. The van der Waals surface area contributed by atoms with Crippen molar-refractivity contribution in [2.45, 2.75) is 0 Å². The average molecular weight is 419 g/mol. The average Bonchev–Trinajstić information content (AvgIpc) is 3.33. The predicted molar refractivity (Wildman–Crippen MR) is 117 cm³/mol.